The topological polar surface area (TPSA) is 15.3 Å². The van der Waals surface area contributed by atoms with Gasteiger partial charge in [-0.25, -0.2) is 0 Å². The molecule has 1 fully saturated rings. The van der Waals surface area contributed by atoms with Crippen LogP contribution in [-0.2, 0) is 0 Å². The minimum atomic E-state index is 0.311. The van der Waals surface area contributed by atoms with Gasteiger partial charge in [-0.1, -0.05) is 36.2 Å². The van der Waals surface area contributed by atoms with E-state index in [1.165, 1.54) is 13.0 Å². The van der Waals surface area contributed by atoms with E-state index < -0.39 is 0 Å². The Bertz CT molecular complexity index is 409. The fourth-order valence-corrected chi connectivity index (χ4v) is 3.11. The first kappa shape index (κ1) is 14.1. The Kier molecular flexibility index (Phi) is 4.91. The Morgan fingerprint density at radius 3 is 2.78 bits per heavy atom. The van der Waals surface area contributed by atoms with Crippen LogP contribution in [0.3, 0.4) is 0 Å². The second kappa shape index (κ2) is 6.25. The minimum absolute atomic E-state index is 0.311. The van der Waals surface area contributed by atoms with Gasteiger partial charge in [-0.05, 0) is 44.1 Å². The number of benzene rings is 1. The van der Waals surface area contributed by atoms with Gasteiger partial charge in [0.25, 0.3) is 0 Å². The minimum Gasteiger partial charge on any atom is -0.306 e. The molecule has 1 aliphatic rings. The Morgan fingerprint density at radius 1 is 1.44 bits per heavy atom. The molecule has 0 aromatic heterocycles. The molecular weight excluding hydrogens is 267 g/mol. The molecule has 0 radical (unpaired) electrons. The molecule has 0 bridgehead atoms. The second-order valence-corrected chi connectivity index (χ2v) is 5.88. The number of nitrogens with zero attached hydrogens (tertiary/aromatic N) is 1. The highest BCUT2D eigenvalue weighted by molar-refractivity contribution is 6.35. The first-order chi connectivity index (χ1) is 8.60. The van der Waals surface area contributed by atoms with Crippen molar-refractivity contribution in [1.29, 1.82) is 0 Å². The van der Waals surface area contributed by atoms with E-state index in [1.807, 2.05) is 18.2 Å². The third-order valence-electron chi connectivity index (χ3n) is 3.57. The van der Waals surface area contributed by atoms with E-state index in [9.17, 15) is 0 Å². The fraction of sp³-hybridized carbons (Fsp3) is 0.571. The molecule has 1 heterocycles. The monoisotopic (exact) mass is 286 g/mol. The van der Waals surface area contributed by atoms with E-state index >= 15 is 0 Å². The van der Waals surface area contributed by atoms with Crippen LogP contribution in [0.5, 0.6) is 0 Å². The molecule has 1 saturated heterocycles. The Morgan fingerprint density at radius 2 is 2.22 bits per heavy atom. The van der Waals surface area contributed by atoms with E-state index in [0.717, 1.165) is 23.6 Å². The third-order valence-corrected chi connectivity index (χ3v) is 4.14. The van der Waals surface area contributed by atoms with Gasteiger partial charge < -0.3 is 10.2 Å². The van der Waals surface area contributed by atoms with Crippen LogP contribution >= 0.6 is 23.2 Å². The van der Waals surface area contributed by atoms with Crippen molar-refractivity contribution < 1.29 is 0 Å². The predicted octanol–water partition coefficient (Wildman–Crippen LogP) is 3.74. The van der Waals surface area contributed by atoms with E-state index in [2.05, 4.69) is 24.2 Å². The molecule has 0 saturated carbocycles. The lowest BCUT2D eigenvalue weighted by atomic mass is 10.0. The van der Waals surface area contributed by atoms with Gasteiger partial charge in [0.05, 0.1) is 0 Å². The van der Waals surface area contributed by atoms with E-state index in [4.69, 9.17) is 23.2 Å². The summed E-state index contributed by atoms with van der Waals surface area (Å²) in [6, 6.07) is 6.64. The van der Waals surface area contributed by atoms with Crippen LogP contribution in [0.25, 0.3) is 0 Å². The Labute approximate surface area is 119 Å². The van der Waals surface area contributed by atoms with Crippen molar-refractivity contribution >= 4 is 23.2 Å². The molecule has 2 atom stereocenters. The summed E-state index contributed by atoms with van der Waals surface area (Å²) < 4.78 is 0. The quantitative estimate of drug-likeness (QED) is 0.907. The molecule has 1 aromatic rings. The summed E-state index contributed by atoms with van der Waals surface area (Å²) in [4.78, 5) is 2.36. The van der Waals surface area contributed by atoms with Crippen molar-refractivity contribution in [3.63, 3.8) is 0 Å². The maximum absolute atomic E-state index is 6.28. The maximum atomic E-state index is 6.28. The zero-order valence-electron chi connectivity index (χ0n) is 10.9. The zero-order chi connectivity index (χ0) is 13.1. The number of hydrogen-bond donors (Lipinski definition) is 1. The maximum Gasteiger partial charge on any atom is 0.0468 e. The largest absolute Gasteiger partial charge is 0.306 e. The molecule has 0 spiro atoms. The van der Waals surface area contributed by atoms with Gasteiger partial charge in [0.2, 0.25) is 0 Å². The molecule has 2 rings (SSSR count). The van der Waals surface area contributed by atoms with Gasteiger partial charge in [0.1, 0.15) is 0 Å². The number of halogens is 2. The molecule has 2 unspecified atom stereocenters. The highest BCUT2D eigenvalue weighted by Gasteiger charge is 2.23. The number of likely N-dealkylation sites (tertiary alicyclic amines) is 1. The molecule has 1 aromatic carbocycles. The fourth-order valence-electron chi connectivity index (χ4n) is 2.57. The average Bonchev–Trinajstić information content (AvgIpc) is 2.72. The molecule has 4 heteroatoms. The number of nitrogens with one attached hydrogen (secondary N) is 1. The summed E-state index contributed by atoms with van der Waals surface area (Å²) in [5.74, 6) is 0. The van der Waals surface area contributed by atoms with Crippen LogP contribution in [-0.4, -0.2) is 31.1 Å². The van der Waals surface area contributed by atoms with Gasteiger partial charge in [-0.2, -0.15) is 0 Å². The molecule has 0 aliphatic carbocycles. The number of rotatable bonds is 4. The molecule has 2 nitrogen and oxygen atoms in total. The van der Waals surface area contributed by atoms with Crippen molar-refractivity contribution in [3.8, 4) is 0 Å². The summed E-state index contributed by atoms with van der Waals surface area (Å²) in [6.07, 6.45) is 2.24. The normalized spacial score (nSPS) is 22.3. The molecule has 18 heavy (non-hydrogen) atoms. The Hall–Kier alpha value is -0.280. The smallest absolute Gasteiger partial charge is 0.0468 e. The molecule has 0 amide bonds. The zero-order valence-corrected chi connectivity index (χ0v) is 12.4. The SMILES string of the molecule is CCC(NC1CCN(C)C1)c1ccc(Cl)cc1Cl. The molecule has 100 valence electrons. The summed E-state index contributed by atoms with van der Waals surface area (Å²) in [6.45, 7) is 4.46. The average molecular weight is 287 g/mol. The molecule has 1 N–H and O–H groups in total. The van der Waals surface area contributed by atoms with Gasteiger partial charge in [0, 0.05) is 28.7 Å². The van der Waals surface area contributed by atoms with Crippen molar-refractivity contribution in [1.82, 2.24) is 10.2 Å². The van der Waals surface area contributed by atoms with Gasteiger partial charge in [-0.15, -0.1) is 0 Å². The van der Waals surface area contributed by atoms with E-state index in [-0.39, 0.29) is 0 Å². The molecule has 1 aliphatic heterocycles. The highest BCUT2D eigenvalue weighted by atomic mass is 35.5. The Balaban J connectivity index is 2.08. The standard InChI is InChI=1S/C14H20Cl2N2/c1-3-14(17-11-6-7-18(2)9-11)12-5-4-10(15)8-13(12)16/h4-5,8,11,14,17H,3,6-7,9H2,1-2H3. The lowest BCUT2D eigenvalue weighted by molar-refractivity contribution is 0.379. The molecular formula is C14H20Cl2N2. The van der Waals surface area contributed by atoms with Crippen LogP contribution in [0.2, 0.25) is 10.0 Å². The highest BCUT2D eigenvalue weighted by Crippen LogP contribution is 2.29. The van der Waals surface area contributed by atoms with Crippen LogP contribution < -0.4 is 5.32 Å². The van der Waals surface area contributed by atoms with Crippen LogP contribution in [0.15, 0.2) is 18.2 Å². The third kappa shape index (κ3) is 3.39. The van der Waals surface area contributed by atoms with Crippen molar-refractivity contribution in [3.05, 3.63) is 33.8 Å². The van der Waals surface area contributed by atoms with Gasteiger partial charge in [-0.3, -0.25) is 0 Å². The summed E-state index contributed by atoms with van der Waals surface area (Å²) in [5, 5.41) is 5.15. The van der Waals surface area contributed by atoms with E-state index in [0.29, 0.717) is 17.1 Å². The number of likely N-dealkylation sites (N-methyl/N-ethyl adjacent to an activating group) is 1. The predicted molar refractivity (Wildman–Crippen MR) is 78.5 cm³/mol. The second-order valence-electron chi connectivity index (χ2n) is 5.04. The van der Waals surface area contributed by atoms with Crippen LogP contribution in [0, 0.1) is 0 Å². The van der Waals surface area contributed by atoms with Gasteiger partial charge >= 0.3 is 0 Å². The summed E-state index contributed by atoms with van der Waals surface area (Å²) >= 11 is 12.2. The van der Waals surface area contributed by atoms with Crippen LogP contribution in [0.4, 0.5) is 0 Å². The van der Waals surface area contributed by atoms with Gasteiger partial charge in [0.15, 0.2) is 0 Å². The van der Waals surface area contributed by atoms with Crippen LogP contribution in [0.1, 0.15) is 31.4 Å². The van der Waals surface area contributed by atoms with Crippen molar-refractivity contribution in [2.45, 2.75) is 31.8 Å². The van der Waals surface area contributed by atoms with Crippen molar-refractivity contribution in [2.75, 3.05) is 20.1 Å². The number of hydrogen-bond acceptors (Lipinski definition) is 2. The lowest BCUT2D eigenvalue weighted by Gasteiger charge is -2.23. The lowest BCUT2D eigenvalue weighted by Crippen LogP contribution is -2.34. The van der Waals surface area contributed by atoms with E-state index in [1.54, 1.807) is 0 Å². The summed E-state index contributed by atoms with van der Waals surface area (Å²) in [7, 11) is 2.16. The summed E-state index contributed by atoms with van der Waals surface area (Å²) in [5.41, 5.74) is 1.15. The van der Waals surface area contributed by atoms with Crippen molar-refractivity contribution in [2.24, 2.45) is 0 Å². The first-order valence-electron chi connectivity index (χ1n) is 6.49. The first-order valence-corrected chi connectivity index (χ1v) is 7.25.